The van der Waals surface area contributed by atoms with Crippen molar-refractivity contribution >= 4 is 17.5 Å². The lowest BCUT2D eigenvalue weighted by atomic mass is 9.89. The van der Waals surface area contributed by atoms with E-state index in [4.69, 9.17) is 11.6 Å². The van der Waals surface area contributed by atoms with Crippen LogP contribution in [0.25, 0.3) is 0 Å². The number of piperidine rings is 1. The first-order chi connectivity index (χ1) is 11.7. The number of rotatable bonds is 3. The number of amides is 1. The molecular weight excluding hydrogens is 322 g/mol. The molecule has 3 aliphatic rings. The number of hydrogen-bond donors (Lipinski definition) is 2. The van der Waals surface area contributed by atoms with E-state index >= 15 is 0 Å². The van der Waals surface area contributed by atoms with Crippen LogP contribution in [0.4, 0.5) is 0 Å². The van der Waals surface area contributed by atoms with Crippen molar-refractivity contribution in [1.82, 2.24) is 15.5 Å². The van der Waals surface area contributed by atoms with Crippen molar-refractivity contribution in [3.8, 4) is 0 Å². The van der Waals surface area contributed by atoms with Gasteiger partial charge in [0.05, 0.1) is 6.04 Å². The van der Waals surface area contributed by atoms with Crippen molar-refractivity contribution in [3.63, 3.8) is 0 Å². The first-order valence-corrected chi connectivity index (χ1v) is 9.59. The number of piperazine rings is 1. The molecule has 1 aromatic rings. The third-order valence-corrected chi connectivity index (χ3v) is 6.21. The van der Waals surface area contributed by atoms with E-state index in [1.165, 1.54) is 12.8 Å². The molecule has 3 fully saturated rings. The molecule has 0 aliphatic carbocycles. The van der Waals surface area contributed by atoms with Gasteiger partial charge in [-0.3, -0.25) is 4.79 Å². The molecule has 4 nitrogen and oxygen atoms in total. The highest BCUT2D eigenvalue weighted by Gasteiger charge is 2.36. The van der Waals surface area contributed by atoms with Crippen LogP contribution in [-0.2, 0) is 4.79 Å². The molecule has 130 valence electrons. The minimum atomic E-state index is 0.0541. The van der Waals surface area contributed by atoms with E-state index in [0.717, 1.165) is 43.1 Å². The second-order valence-electron chi connectivity index (χ2n) is 7.51. The first-order valence-electron chi connectivity index (χ1n) is 9.21. The molecule has 1 amide bonds. The SMILES string of the molecule is O=C(CC1CC2CCC(C1)N2)N1CCNCC1c1ccccc1Cl. The number of benzene rings is 1. The van der Waals surface area contributed by atoms with Crippen molar-refractivity contribution in [2.24, 2.45) is 5.92 Å². The number of nitrogens with one attached hydrogen (secondary N) is 2. The molecule has 5 heteroatoms. The highest BCUT2D eigenvalue weighted by atomic mass is 35.5. The average Bonchev–Trinajstić information content (AvgIpc) is 2.94. The van der Waals surface area contributed by atoms with Crippen LogP contribution in [-0.4, -0.2) is 42.5 Å². The van der Waals surface area contributed by atoms with Gasteiger partial charge in [-0.15, -0.1) is 0 Å². The Kier molecular flexibility index (Phi) is 4.79. The molecule has 2 bridgehead atoms. The van der Waals surface area contributed by atoms with Gasteiger partial charge in [0.15, 0.2) is 0 Å². The van der Waals surface area contributed by atoms with Crippen LogP contribution in [0, 0.1) is 5.92 Å². The van der Waals surface area contributed by atoms with Crippen LogP contribution in [0.3, 0.4) is 0 Å². The summed E-state index contributed by atoms with van der Waals surface area (Å²) in [4.78, 5) is 15.1. The van der Waals surface area contributed by atoms with Gasteiger partial charge in [-0.1, -0.05) is 29.8 Å². The zero-order valence-corrected chi connectivity index (χ0v) is 14.8. The molecule has 3 heterocycles. The molecule has 0 saturated carbocycles. The summed E-state index contributed by atoms with van der Waals surface area (Å²) in [7, 11) is 0. The summed E-state index contributed by atoms with van der Waals surface area (Å²) in [6, 6.07) is 9.25. The molecule has 24 heavy (non-hydrogen) atoms. The van der Waals surface area contributed by atoms with Gasteiger partial charge in [0, 0.05) is 43.2 Å². The maximum absolute atomic E-state index is 13.0. The van der Waals surface area contributed by atoms with E-state index in [0.29, 0.717) is 30.3 Å². The van der Waals surface area contributed by atoms with Crippen LogP contribution in [0.5, 0.6) is 0 Å². The summed E-state index contributed by atoms with van der Waals surface area (Å²) in [5.74, 6) is 0.839. The van der Waals surface area contributed by atoms with Crippen LogP contribution in [0.1, 0.15) is 43.7 Å². The molecule has 0 aromatic heterocycles. The summed E-state index contributed by atoms with van der Waals surface area (Å²) in [6.45, 7) is 2.42. The predicted octanol–water partition coefficient (Wildman–Crippen LogP) is 2.73. The van der Waals surface area contributed by atoms with Gasteiger partial charge in [-0.25, -0.2) is 0 Å². The zero-order valence-electron chi connectivity index (χ0n) is 14.0. The van der Waals surface area contributed by atoms with Gasteiger partial charge >= 0.3 is 0 Å². The third-order valence-electron chi connectivity index (χ3n) is 5.86. The Labute approximate surface area is 148 Å². The van der Waals surface area contributed by atoms with E-state index in [-0.39, 0.29) is 6.04 Å². The molecule has 1 aromatic carbocycles. The fourth-order valence-electron chi connectivity index (χ4n) is 4.73. The van der Waals surface area contributed by atoms with E-state index in [1.807, 2.05) is 24.3 Å². The second kappa shape index (κ2) is 7.03. The second-order valence-corrected chi connectivity index (χ2v) is 7.92. The van der Waals surface area contributed by atoms with Crippen molar-refractivity contribution in [1.29, 1.82) is 0 Å². The molecule has 0 spiro atoms. The van der Waals surface area contributed by atoms with Crippen LogP contribution in [0.15, 0.2) is 24.3 Å². The van der Waals surface area contributed by atoms with Gasteiger partial charge in [-0.05, 0) is 43.2 Å². The quantitative estimate of drug-likeness (QED) is 0.883. The average molecular weight is 348 g/mol. The summed E-state index contributed by atoms with van der Waals surface area (Å²) in [5.41, 5.74) is 1.06. The smallest absolute Gasteiger partial charge is 0.223 e. The predicted molar refractivity (Wildman–Crippen MR) is 96.1 cm³/mol. The Hall–Kier alpha value is -1.10. The fourth-order valence-corrected chi connectivity index (χ4v) is 4.99. The number of carbonyl (C=O) groups is 1. The topological polar surface area (TPSA) is 44.4 Å². The lowest BCUT2D eigenvalue weighted by Gasteiger charge is -2.38. The van der Waals surface area contributed by atoms with Crippen molar-refractivity contribution < 1.29 is 4.79 Å². The van der Waals surface area contributed by atoms with Gasteiger partial charge < -0.3 is 15.5 Å². The maximum Gasteiger partial charge on any atom is 0.223 e. The number of nitrogens with zero attached hydrogens (tertiary/aromatic N) is 1. The summed E-state index contributed by atoms with van der Waals surface area (Å²) in [6.07, 6.45) is 5.57. The lowest BCUT2D eigenvalue weighted by Crippen LogP contribution is -2.49. The van der Waals surface area contributed by atoms with Crippen LogP contribution in [0.2, 0.25) is 5.02 Å². The lowest BCUT2D eigenvalue weighted by molar-refractivity contribution is -0.135. The van der Waals surface area contributed by atoms with Gasteiger partial charge in [0.2, 0.25) is 5.91 Å². The van der Waals surface area contributed by atoms with Crippen molar-refractivity contribution in [2.45, 2.75) is 50.2 Å². The van der Waals surface area contributed by atoms with E-state index in [1.54, 1.807) is 0 Å². The number of hydrogen-bond acceptors (Lipinski definition) is 3. The molecular formula is C19H26ClN3O. The summed E-state index contributed by atoms with van der Waals surface area (Å²) in [5, 5.41) is 7.83. The third kappa shape index (κ3) is 3.32. The Morgan fingerprint density at radius 3 is 2.71 bits per heavy atom. The maximum atomic E-state index is 13.0. The molecule has 2 N–H and O–H groups in total. The largest absolute Gasteiger partial charge is 0.333 e. The van der Waals surface area contributed by atoms with Crippen LogP contribution < -0.4 is 10.6 Å². The van der Waals surface area contributed by atoms with Gasteiger partial charge in [0.25, 0.3) is 0 Å². The van der Waals surface area contributed by atoms with Crippen molar-refractivity contribution in [2.75, 3.05) is 19.6 Å². The highest BCUT2D eigenvalue weighted by molar-refractivity contribution is 6.31. The van der Waals surface area contributed by atoms with Crippen molar-refractivity contribution in [3.05, 3.63) is 34.9 Å². The standard InChI is InChI=1S/C19H26ClN3O/c20-17-4-2-1-3-16(17)18-12-21-7-8-23(18)19(24)11-13-9-14-5-6-15(10-13)22-14/h1-4,13-15,18,21-22H,5-12H2. The molecule has 3 aliphatic heterocycles. The zero-order chi connectivity index (χ0) is 16.5. The minimum Gasteiger partial charge on any atom is -0.333 e. The first kappa shape index (κ1) is 16.4. The fraction of sp³-hybridized carbons (Fsp3) is 0.632. The Morgan fingerprint density at radius 2 is 1.96 bits per heavy atom. The Morgan fingerprint density at radius 1 is 1.21 bits per heavy atom. The number of carbonyl (C=O) groups excluding carboxylic acids is 1. The van der Waals surface area contributed by atoms with Gasteiger partial charge in [-0.2, -0.15) is 0 Å². The van der Waals surface area contributed by atoms with Crippen LogP contribution >= 0.6 is 11.6 Å². The molecule has 3 unspecified atom stereocenters. The van der Waals surface area contributed by atoms with E-state index < -0.39 is 0 Å². The monoisotopic (exact) mass is 347 g/mol. The Bertz CT molecular complexity index is 596. The highest BCUT2D eigenvalue weighted by Crippen LogP contribution is 2.34. The van der Waals surface area contributed by atoms with E-state index in [2.05, 4.69) is 15.5 Å². The molecule has 3 saturated heterocycles. The van der Waals surface area contributed by atoms with E-state index in [9.17, 15) is 4.79 Å². The minimum absolute atomic E-state index is 0.0541. The summed E-state index contributed by atoms with van der Waals surface area (Å²) < 4.78 is 0. The number of fused-ring (bicyclic) bond motifs is 2. The number of halogens is 1. The van der Waals surface area contributed by atoms with Gasteiger partial charge in [0.1, 0.15) is 0 Å². The summed E-state index contributed by atoms with van der Waals surface area (Å²) >= 11 is 6.39. The Balaban J connectivity index is 1.46. The molecule has 0 radical (unpaired) electrons. The molecule has 4 rings (SSSR count). The molecule has 3 atom stereocenters. The normalized spacial score (nSPS) is 32.8.